The van der Waals surface area contributed by atoms with E-state index in [-0.39, 0.29) is 0 Å². The lowest BCUT2D eigenvalue weighted by atomic mass is 9.98. The van der Waals surface area contributed by atoms with Crippen LogP contribution in [0.2, 0.25) is 0 Å². The van der Waals surface area contributed by atoms with Crippen molar-refractivity contribution < 1.29 is 9.47 Å². The highest BCUT2D eigenvalue weighted by Gasteiger charge is 2.20. The molecule has 94 valence electrons. The normalized spacial score (nSPS) is 13.1. The molecule has 0 radical (unpaired) electrons. The van der Waals surface area contributed by atoms with Crippen molar-refractivity contribution in [2.24, 2.45) is 0 Å². The standard InChI is InChI=1S/C15H22O2/c1-4-5-6-7-8-13-9-11(2)14-15(12(13)3)17-10-16-14/h9H,4-8,10H2,1-3H3. The quantitative estimate of drug-likeness (QED) is 0.712. The van der Waals surface area contributed by atoms with Gasteiger partial charge in [-0.15, -0.1) is 0 Å². The Hall–Kier alpha value is -1.18. The van der Waals surface area contributed by atoms with Crippen molar-refractivity contribution in [1.29, 1.82) is 0 Å². The molecule has 1 aromatic carbocycles. The maximum atomic E-state index is 5.56. The van der Waals surface area contributed by atoms with Crippen molar-refractivity contribution in [3.63, 3.8) is 0 Å². The van der Waals surface area contributed by atoms with Crippen LogP contribution < -0.4 is 9.47 Å². The molecule has 0 amide bonds. The van der Waals surface area contributed by atoms with Gasteiger partial charge in [-0.3, -0.25) is 0 Å². The van der Waals surface area contributed by atoms with Gasteiger partial charge in [0.05, 0.1) is 0 Å². The number of fused-ring (bicyclic) bond motifs is 1. The molecule has 1 heterocycles. The van der Waals surface area contributed by atoms with Crippen LogP contribution in [-0.4, -0.2) is 6.79 Å². The topological polar surface area (TPSA) is 18.5 Å². The maximum Gasteiger partial charge on any atom is 0.231 e. The molecule has 0 bridgehead atoms. The lowest BCUT2D eigenvalue weighted by Crippen LogP contribution is -1.95. The first-order valence-electron chi connectivity index (χ1n) is 6.62. The van der Waals surface area contributed by atoms with Crippen LogP contribution in [0.5, 0.6) is 11.5 Å². The number of benzene rings is 1. The summed E-state index contributed by atoms with van der Waals surface area (Å²) < 4.78 is 11.0. The third-order valence-electron chi connectivity index (χ3n) is 3.48. The van der Waals surface area contributed by atoms with Crippen molar-refractivity contribution in [2.45, 2.75) is 52.9 Å². The van der Waals surface area contributed by atoms with Gasteiger partial charge in [0.1, 0.15) is 0 Å². The minimum Gasteiger partial charge on any atom is -0.453 e. The van der Waals surface area contributed by atoms with Crippen LogP contribution >= 0.6 is 0 Å². The summed E-state index contributed by atoms with van der Waals surface area (Å²) in [4.78, 5) is 0. The fourth-order valence-electron chi connectivity index (χ4n) is 2.43. The molecule has 0 fully saturated rings. The molecular weight excluding hydrogens is 212 g/mol. The summed E-state index contributed by atoms with van der Waals surface area (Å²) in [5.41, 5.74) is 3.89. The van der Waals surface area contributed by atoms with Gasteiger partial charge < -0.3 is 9.47 Å². The van der Waals surface area contributed by atoms with Crippen molar-refractivity contribution in [3.8, 4) is 11.5 Å². The molecule has 0 aliphatic carbocycles. The third-order valence-corrected chi connectivity index (χ3v) is 3.48. The Morgan fingerprint density at radius 3 is 2.59 bits per heavy atom. The van der Waals surface area contributed by atoms with E-state index in [1.807, 2.05) is 0 Å². The largest absolute Gasteiger partial charge is 0.453 e. The second kappa shape index (κ2) is 5.44. The summed E-state index contributed by atoms with van der Waals surface area (Å²) in [5, 5.41) is 0. The van der Waals surface area contributed by atoms with E-state index in [2.05, 4.69) is 26.8 Å². The van der Waals surface area contributed by atoms with Crippen LogP contribution in [0.4, 0.5) is 0 Å². The lowest BCUT2D eigenvalue weighted by Gasteiger charge is -2.11. The van der Waals surface area contributed by atoms with Crippen LogP contribution in [0.15, 0.2) is 6.07 Å². The zero-order chi connectivity index (χ0) is 12.3. The van der Waals surface area contributed by atoms with Crippen molar-refractivity contribution in [1.82, 2.24) is 0 Å². The minimum absolute atomic E-state index is 0.371. The number of ether oxygens (including phenoxy) is 2. The van der Waals surface area contributed by atoms with Crippen molar-refractivity contribution in [3.05, 3.63) is 22.8 Å². The Labute approximate surface area is 104 Å². The fourth-order valence-corrected chi connectivity index (χ4v) is 2.43. The molecule has 1 aliphatic rings. The highest BCUT2D eigenvalue weighted by atomic mass is 16.7. The molecule has 17 heavy (non-hydrogen) atoms. The Balaban J connectivity index is 2.10. The number of aryl methyl sites for hydroxylation is 2. The second-order valence-electron chi connectivity index (χ2n) is 4.85. The Morgan fingerprint density at radius 2 is 1.82 bits per heavy atom. The summed E-state index contributed by atoms with van der Waals surface area (Å²) in [6.07, 6.45) is 6.38. The van der Waals surface area contributed by atoms with E-state index >= 15 is 0 Å². The Kier molecular flexibility index (Phi) is 3.93. The fraction of sp³-hybridized carbons (Fsp3) is 0.600. The molecular formula is C15H22O2. The van der Waals surface area contributed by atoms with Crippen LogP contribution in [0.25, 0.3) is 0 Å². The predicted octanol–water partition coefficient (Wildman–Crippen LogP) is 4.15. The molecule has 2 heteroatoms. The molecule has 0 unspecified atom stereocenters. The summed E-state index contributed by atoms with van der Waals surface area (Å²) in [5.74, 6) is 1.91. The summed E-state index contributed by atoms with van der Waals surface area (Å²) in [6.45, 7) is 6.86. The minimum atomic E-state index is 0.371. The molecule has 2 nitrogen and oxygen atoms in total. The van der Waals surface area contributed by atoms with Crippen LogP contribution in [0, 0.1) is 13.8 Å². The van der Waals surface area contributed by atoms with Crippen LogP contribution in [0.1, 0.15) is 49.3 Å². The first-order chi connectivity index (χ1) is 8.24. The Morgan fingerprint density at radius 1 is 1.06 bits per heavy atom. The van der Waals surface area contributed by atoms with Crippen molar-refractivity contribution in [2.75, 3.05) is 6.79 Å². The number of unbranched alkanes of at least 4 members (excludes halogenated alkanes) is 3. The van der Waals surface area contributed by atoms with E-state index in [9.17, 15) is 0 Å². The highest BCUT2D eigenvalue weighted by Crippen LogP contribution is 2.40. The van der Waals surface area contributed by atoms with E-state index in [0.29, 0.717) is 6.79 Å². The van der Waals surface area contributed by atoms with E-state index in [1.165, 1.54) is 42.4 Å². The van der Waals surface area contributed by atoms with Crippen LogP contribution in [-0.2, 0) is 6.42 Å². The number of hydrogen-bond donors (Lipinski definition) is 0. The summed E-state index contributed by atoms with van der Waals surface area (Å²) in [7, 11) is 0. The van der Waals surface area contributed by atoms with Crippen LogP contribution in [0.3, 0.4) is 0 Å². The molecule has 0 saturated carbocycles. The molecule has 2 rings (SSSR count). The predicted molar refractivity (Wildman–Crippen MR) is 69.9 cm³/mol. The van der Waals surface area contributed by atoms with Gasteiger partial charge in [0, 0.05) is 0 Å². The SMILES string of the molecule is CCCCCCc1cc(C)c2c(c1C)OCO2. The molecule has 0 aromatic heterocycles. The van der Waals surface area contributed by atoms with Gasteiger partial charge >= 0.3 is 0 Å². The molecule has 0 atom stereocenters. The molecule has 0 saturated heterocycles. The maximum absolute atomic E-state index is 5.56. The molecule has 1 aromatic rings. The lowest BCUT2D eigenvalue weighted by molar-refractivity contribution is 0.173. The van der Waals surface area contributed by atoms with E-state index in [1.54, 1.807) is 0 Å². The number of rotatable bonds is 5. The van der Waals surface area contributed by atoms with Gasteiger partial charge in [-0.1, -0.05) is 32.3 Å². The smallest absolute Gasteiger partial charge is 0.231 e. The average Bonchev–Trinajstić information content (AvgIpc) is 2.80. The van der Waals surface area contributed by atoms with E-state index in [4.69, 9.17) is 9.47 Å². The van der Waals surface area contributed by atoms with Gasteiger partial charge in [-0.25, -0.2) is 0 Å². The van der Waals surface area contributed by atoms with Gasteiger partial charge in [0.2, 0.25) is 6.79 Å². The zero-order valence-corrected chi connectivity index (χ0v) is 11.1. The van der Waals surface area contributed by atoms with Gasteiger partial charge in [-0.05, 0) is 43.4 Å². The highest BCUT2D eigenvalue weighted by molar-refractivity contribution is 5.55. The Bertz CT molecular complexity index is 396. The summed E-state index contributed by atoms with van der Waals surface area (Å²) >= 11 is 0. The molecule has 0 N–H and O–H groups in total. The molecule has 0 spiro atoms. The van der Waals surface area contributed by atoms with Gasteiger partial charge in [0.25, 0.3) is 0 Å². The monoisotopic (exact) mass is 234 g/mol. The second-order valence-corrected chi connectivity index (χ2v) is 4.85. The number of hydrogen-bond acceptors (Lipinski definition) is 2. The third kappa shape index (κ3) is 2.56. The first-order valence-corrected chi connectivity index (χ1v) is 6.62. The zero-order valence-electron chi connectivity index (χ0n) is 11.1. The first kappa shape index (κ1) is 12.3. The van der Waals surface area contributed by atoms with E-state index < -0.39 is 0 Å². The van der Waals surface area contributed by atoms with Crippen molar-refractivity contribution >= 4 is 0 Å². The van der Waals surface area contributed by atoms with Gasteiger partial charge in [-0.2, -0.15) is 0 Å². The van der Waals surface area contributed by atoms with Gasteiger partial charge in [0.15, 0.2) is 11.5 Å². The van der Waals surface area contributed by atoms with E-state index in [0.717, 1.165) is 17.9 Å². The average molecular weight is 234 g/mol. The summed E-state index contributed by atoms with van der Waals surface area (Å²) in [6, 6.07) is 2.26. The molecule has 1 aliphatic heterocycles.